The average molecular weight is 108 g/mol. The molecule has 1 rings (SSSR count). The summed E-state index contributed by atoms with van der Waals surface area (Å²) in [4.78, 5) is 0. The zero-order chi connectivity index (χ0) is 5.66. The lowest BCUT2D eigenvalue weighted by Crippen LogP contribution is -1.71. The fourth-order valence-corrected chi connectivity index (χ4v) is 0.856. The predicted molar refractivity (Wildman–Crippen MR) is 36.7 cm³/mol. The fraction of sp³-hybridized carbons (Fsp3) is 0.500. The quantitative estimate of drug-likeness (QED) is 0.418. The molecule has 0 aromatic rings. The molecular formula is C8H12. The van der Waals surface area contributed by atoms with E-state index in [9.17, 15) is 0 Å². The highest BCUT2D eigenvalue weighted by molar-refractivity contribution is 4.93. The second-order valence-electron chi connectivity index (χ2n) is 2.10. The third-order valence-electron chi connectivity index (χ3n) is 1.33. The largest absolute Gasteiger partial charge is 0.0882 e. The van der Waals surface area contributed by atoms with Gasteiger partial charge in [0.2, 0.25) is 0 Å². The summed E-state index contributed by atoms with van der Waals surface area (Å²) in [5, 5.41) is 0. The zero-order valence-electron chi connectivity index (χ0n) is 5.14. The average Bonchev–Trinajstić information content (AvgIpc) is 1.62. The topological polar surface area (TPSA) is 0 Å². The normalized spacial score (nSPS) is 24.0. The Balaban J connectivity index is 2.29. The number of allylic oxidation sites excluding steroid dienone is 4. The fourth-order valence-electron chi connectivity index (χ4n) is 0.856. The van der Waals surface area contributed by atoms with Crippen LogP contribution in [0.3, 0.4) is 0 Å². The minimum atomic E-state index is 1.23. The molecule has 0 saturated heterocycles. The summed E-state index contributed by atoms with van der Waals surface area (Å²) in [6.07, 6.45) is 14.0. The van der Waals surface area contributed by atoms with Gasteiger partial charge in [-0.2, -0.15) is 0 Å². The van der Waals surface area contributed by atoms with Gasteiger partial charge in [0.25, 0.3) is 0 Å². The molecule has 0 spiro atoms. The molecule has 8 heavy (non-hydrogen) atoms. The summed E-state index contributed by atoms with van der Waals surface area (Å²) in [6, 6.07) is 0. The molecule has 0 radical (unpaired) electrons. The van der Waals surface area contributed by atoms with Crippen molar-refractivity contribution in [3.63, 3.8) is 0 Å². The molecule has 0 heteroatoms. The highest BCUT2D eigenvalue weighted by atomic mass is 13.9. The molecular weight excluding hydrogens is 96.1 g/mol. The Bertz CT molecular complexity index is 72.6. The molecule has 1 aliphatic carbocycles. The molecule has 0 fully saturated rings. The van der Waals surface area contributed by atoms with Crippen molar-refractivity contribution in [2.45, 2.75) is 25.7 Å². The molecule has 0 atom stereocenters. The maximum absolute atomic E-state index is 2.27. The first-order valence-electron chi connectivity index (χ1n) is 3.30. The number of hydrogen-bond acceptors (Lipinski definition) is 0. The Morgan fingerprint density at radius 1 is 0.500 bits per heavy atom. The van der Waals surface area contributed by atoms with Crippen LogP contribution in [-0.2, 0) is 0 Å². The van der Waals surface area contributed by atoms with E-state index in [-0.39, 0.29) is 0 Å². The van der Waals surface area contributed by atoms with Crippen molar-refractivity contribution in [2.75, 3.05) is 0 Å². The van der Waals surface area contributed by atoms with E-state index in [0.717, 1.165) is 0 Å². The second-order valence-corrected chi connectivity index (χ2v) is 2.10. The lowest BCUT2D eigenvalue weighted by molar-refractivity contribution is 0.962. The molecule has 44 valence electrons. The van der Waals surface area contributed by atoms with Gasteiger partial charge in [-0.25, -0.2) is 0 Å². The zero-order valence-corrected chi connectivity index (χ0v) is 5.14. The third-order valence-corrected chi connectivity index (χ3v) is 1.33. The van der Waals surface area contributed by atoms with Gasteiger partial charge in [-0.1, -0.05) is 24.3 Å². The van der Waals surface area contributed by atoms with Gasteiger partial charge < -0.3 is 0 Å². The van der Waals surface area contributed by atoms with E-state index in [1.54, 1.807) is 0 Å². The van der Waals surface area contributed by atoms with E-state index >= 15 is 0 Å². The maximum Gasteiger partial charge on any atom is -0.0316 e. The monoisotopic (exact) mass is 108 g/mol. The molecule has 0 heterocycles. The van der Waals surface area contributed by atoms with Crippen LogP contribution in [0, 0.1) is 0 Å². The second kappa shape index (κ2) is 3.48. The smallest absolute Gasteiger partial charge is 0.0316 e. The lowest BCUT2D eigenvalue weighted by Gasteiger charge is -1.92. The van der Waals surface area contributed by atoms with Gasteiger partial charge in [-0.15, -0.1) is 0 Å². The van der Waals surface area contributed by atoms with E-state index in [4.69, 9.17) is 0 Å². The SMILES string of the molecule is C1=CCC/C=C/CC1. The van der Waals surface area contributed by atoms with Crippen molar-refractivity contribution >= 4 is 0 Å². The van der Waals surface area contributed by atoms with E-state index in [0.29, 0.717) is 0 Å². The van der Waals surface area contributed by atoms with E-state index < -0.39 is 0 Å². The molecule has 0 unspecified atom stereocenters. The lowest BCUT2D eigenvalue weighted by atomic mass is 10.1. The van der Waals surface area contributed by atoms with Crippen LogP contribution in [0.5, 0.6) is 0 Å². The Hall–Kier alpha value is -0.520. The summed E-state index contributed by atoms with van der Waals surface area (Å²) in [7, 11) is 0. The van der Waals surface area contributed by atoms with Crippen LogP contribution in [-0.4, -0.2) is 0 Å². The minimum absolute atomic E-state index is 1.23. The van der Waals surface area contributed by atoms with Crippen molar-refractivity contribution < 1.29 is 0 Å². The van der Waals surface area contributed by atoms with E-state index in [2.05, 4.69) is 24.3 Å². The Labute approximate surface area is 50.9 Å². The molecule has 0 nitrogen and oxygen atoms in total. The van der Waals surface area contributed by atoms with Gasteiger partial charge >= 0.3 is 0 Å². The van der Waals surface area contributed by atoms with Gasteiger partial charge in [0.15, 0.2) is 0 Å². The van der Waals surface area contributed by atoms with Crippen molar-refractivity contribution in [1.82, 2.24) is 0 Å². The van der Waals surface area contributed by atoms with Crippen molar-refractivity contribution in [3.05, 3.63) is 24.3 Å². The first-order valence-corrected chi connectivity index (χ1v) is 3.30. The van der Waals surface area contributed by atoms with Crippen LogP contribution in [0.15, 0.2) is 24.3 Å². The van der Waals surface area contributed by atoms with Crippen LogP contribution in [0.4, 0.5) is 0 Å². The molecule has 0 bridgehead atoms. The minimum Gasteiger partial charge on any atom is -0.0882 e. The maximum atomic E-state index is 2.27. The van der Waals surface area contributed by atoms with Crippen LogP contribution in [0.1, 0.15) is 25.7 Å². The third kappa shape index (κ3) is 1.97. The first-order chi connectivity index (χ1) is 4.00. The van der Waals surface area contributed by atoms with Gasteiger partial charge in [0.05, 0.1) is 0 Å². The molecule has 0 aromatic heterocycles. The summed E-state index contributed by atoms with van der Waals surface area (Å²) >= 11 is 0. The highest BCUT2D eigenvalue weighted by Crippen LogP contribution is 2.02. The number of rotatable bonds is 0. The summed E-state index contributed by atoms with van der Waals surface area (Å²) in [5.41, 5.74) is 0. The van der Waals surface area contributed by atoms with E-state index in [1.807, 2.05) is 0 Å². The standard InChI is InChI=1S/C8H12/c1-2-4-6-8-7-5-3-1/h1-2,7-8H,3-6H2/b2-1+,8-7?. The van der Waals surface area contributed by atoms with Crippen LogP contribution >= 0.6 is 0 Å². The van der Waals surface area contributed by atoms with Gasteiger partial charge in [0, 0.05) is 0 Å². The van der Waals surface area contributed by atoms with Gasteiger partial charge in [0.1, 0.15) is 0 Å². The predicted octanol–water partition coefficient (Wildman–Crippen LogP) is 2.67. The van der Waals surface area contributed by atoms with Crippen molar-refractivity contribution in [1.29, 1.82) is 0 Å². The van der Waals surface area contributed by atoms with Crippen LogP contribution < -0.4 is 0 Å². The molecule has 0 N–H and O–H groups in total. The number of hydrogen-bond donors (Lipinski definition) is 0. The Morgan fingerprint density at radius 2 is 0.750 bits per heavy atom. The molecule has 1 aliphatic rings. The Morgan fingerprint density at radius 3 is 1.00 bits per heavy atom. The molecule has 0 saturated carbocycles. The highest BCUT2D eigenvalue weighted by Gasteiger charge is 1.81. The summed E-state index contributed by atoms with van der Waals surface area (Å²) in [5.74, 6) is 0. The summed E-state index contributed by atoms with van der Waals surface area (Å²) < 4.78 is 0. The molecule has 0 amide bonds. The van der Waals surface area contributed by atoms with Gasteiger partial charge in [-0.05, 0) is 25.7 Å². The summed E-state index contributed by atoms with van der Waals surface area (Å²) in [6.45, 7) is 0. The van der Waals surface area contributed by atoms with Crippen LogP contribution in [0.25, 0.3) is 0 Å². The van der Waals surface area contributed by atoms with Crippen LogP contribution in [0.2, 0.25) is 0 Å². The van der Waals surface area contributed by atoms with Crippen molar-refractivity contribution in [3.8, 4) is 0 Å². The Kier molecular flexibility index (Phi) is 2.44. The van der Waals surface area contributed by atoms with Crippen molar-refractivity contribution in [2.24, 2.45) is 0 Å². The molecule has 0 aliphatic heterocycles. The van der Waals surface area contributed by atoms with Gasteiger partial charge in [-0.3, -0.25) is 0 Å². The molecule has 0 aromatic carbocycles. The first kappa shape index (κ1) is 5.61. The van der Waals surface area contributed by atoms with E-state index in [1.165, 1.54) is 25.7 Å².